The summed E-state index contributed by atoms with van der Waals surface area (Å²) in [4.78, 5) is 55.0. The summed E-state index contributed by atoms with van der Waals surface area (Å²) in [5.74, 6) is -3.61. The van der Waals surface area contributed by atoms with Crippen molar-refractivity contribution in [3.63, 3.8) is 0 Å². The van der Waals surface area contributed by atoms with Gasteiger partial charge >= 0.3 is 5.97 Å². The molecule has 236 valence electrons. The molecule has 4 aromatic rings. The lowest BCUT2D eigenvalue weighted by Crippen LogP contribution is -2.60. The molecule has 0 saturated carbocycles. The van der Waals surface area contributed by atoms with Crippen LogP contribution in [0.3, 0.4) is 0 Å². The van der Waals surface area contributed by atoms with E-state index in [1.54, 1.807) is 36.5 Å². The van der Waals surface area contributed by atoms with Crippen LogP contribution < -0.4 is 21.7 Å². The van der Waals surface area contributed by atoms with Gasteiger partial charge in [-0.1, -0.05) is 60.7 Å². The van der Waals surface area contributed by atoms with Crippen LogP contribution >= 0.6 is 0 Å². The number of rotatable bonds is 14. The summed E-state index contributed by atoms with van der Waals surface area (Å²) in [5, 5.41) is 38.1. The summed E-state index contributed by atoms with van der Waals surface area (Å²) in [7, 11) is 0. The molecular formula is C33H37N5O7. The number of hydrogen-bond donors (Lipinski definition) is 8. The lowest BCUT2D eigenvalue weighted by atomic mass is 10.0. The number of fused-ring (bicyclic) bond motifs is 1. The van der Waals surface area contributed by atoms with Crippen LogP contribution in [-0.4, -0.2) is 74.3 Å². The summed E-state index contributed by atoms with van der Waals surface area (Å²) in [6, 6.07) is 17.2. The average Bonchev–Trinajstić information content (AvgIpc) is 3.42. The summed E-state index contributed by atoms with van der Waals surface area (Å²) in [6.07, 6.45) is 0.526. The van der Waals surface area contributed by atoms with E-state index in [0.717, 1.165) is 22.0 Å². The van der Waals surface area contributed by atoms with Gasteiger partial charge in [0.05, 0.1) is 12.1 Å². The van der Waals surface area contributed by atoms with Crippen LogP contribution in [0.4, 0.5) is 0 Å². The van der Waals surface area contributed by atoms with Crippen LogP contribution in [-0.2, 0) is 38.4 Å². The minimum Gasteiger partial charge on any atom is -0.508 e. The minimum atomic E-state index is -1.53. The zero-order valence-electron chi connectivity index (χ0n) is 24.6. The maximum absolute atomic E-state index is 13.6. The number of carboxylic acids is 1. The van der Waals surface area contributed by atoms with Crippen molar-refractivity contribution < 1.29 is 34.5 Å². The Morgan fingerprint density at radius 1 is 0.756 bits per heavy atom. The number of carboxylic acid groups (broad SMARTS) is 1. The first kappa shape index (κ1) is 32.7. The number of aromatic amines is 1. The van der Waals surface area contributed by atoms with Gasteiger partial charge in [0.15, 0.2) is 0 Å². The van der Waals surface area contributed by atoms with Crippen LogP contribution in [0, 0.1) is 0 Å². The van der Waals surface area contributed by atoms with Gasteiger partial charge in [0.2, 0.25) is 17.7 Å². The third-order valence-electron chi connectivity index (χ3n) is 7.42. The number of aliphatic hydroxyl groups excluding tert-OH is 1. The normalized spacial score (nSPS) is 14.5. The van der Waals surface area contributed by atoms with Gasteiger partial charge in [0, 0.05) is 29.9 Å². The Kier molecular flexibility index (Phi) is 10.9. The Bertz CT molecular complexity index is 1620. The van der Waals surface area contributed by atoms with E-state index in [1.165, 1.54) is 31.2 Å². The van der Waals surface area contributed by atoms with E-state index in [0.29, 0.717) is 5.56 Å². The van der Waals surface area contributed by atoms with E-state index in [-0.39, 0.29) is 25.0 Å². The third kappa shape index (κ3) is 8.91. The molecule has 5 unspecified atom stereocenters. The molecule has 3 amide bonds. The summed E-state index contributed by atoms with van der Waals surface area (Å²) >= 11 is 0. The number of aliphatic hydroxyl groups is 1. The predicted molar refractivity (Wildman–Crippen MR) is 167 cm³/mol. The molecule has 12 heteroatoms. The van der Waals surface area contributed by atoms with E-state index in [2.05, 4.69) is 20.9 Å². The number of amides is 3. The lowest BCUT2D eigenvalue weighted by molar-refractivity contribution is -0.143. The molecule has 0 aliphatic rings. The smallest absolute Gasteiger partial charge is 0.326 e. The van der Waals surface area contributed by atoms with E-state index in [4.69, 9.17) is 5.73 Å². The van der Waals surface area contributed by atoms with Crippen LogP contribution in [0.2, 0.25) is 0 Å². The van der Waals surface area contributed by atoms with Crippen molar-refractivity contribution in [1.29, 1.82) is 0 Å². The molecule has 0 saturated heterocycles. The van der Waals surface area contributed by atoms with Gasteiger partial charge in [0.1, 0.15) is 23.9 Å². The number of phenols is 1. The molecular weight excluding hydrogens is 578 g/mol. The van der Waals surface area contributed by atoms with Crippen molar-refractivity contribution in [2.75, 3.05) is 0 Å². The highest BCUT2D eigenvalue weighted by Gasteiger charge is 2.33. The minimum absolute atomic E-state index is 0.00242. The van der Waals surface area contributed by atoms with Crippen LogP contribution in [0.25, 0.3) is 10.9 Å². The summed E-state index contributed by atoms with van der Waals surface area (Å²) < 4.78 is 0. The number of aliphatic carboxylic acids is 1. The van der Waals surface area contributed by atoms with E-state index < -0.39 is 54.0 Å². The molecule has 4 rings (SSSR count). The maximum atomic E-state index is 13.6. The highest BCUT2D eigenvalue weighted by Crippen LogP contribution is 2.19. The first-order valence-corrected chi connectivity index (χ1v) is 14.5. The molecule has 0 fully saturated rings. The number of hydrogen-bond acceptors (Lipinski definition) is 7. The first-order chi connectivity index (χ1) is 21.5. The molecule has 0 radical (unpaired) electrons. The summed E-state index contributed by atoms with van der Waals surface area (Å²) in [5.41, 5.74) is 9.26. The number of carbonyl (C=O) groups is 4. The fourth-order valence-electron chi connectivity index (χ4n) is 4.96. The van der Waals surface area contributed by atoms with E-state index in [9.17, 15) is 34.5 Å². The van der Waals surface area contributed by atoms with Gasteiger partial charge in [-0.3, -0.25) is 14.4 Å². The molecule has 0 aliphatic heterocycles. The van der Waals surface area contributed by atoms with Gasteiger partial charge in [-0.25, -0.2) is 4.79 Å². The lowest BCUT2D eigenvalue weighted by Gasteiger charge is -2.26. The quantitative estimate of drug-likeness (QED) is 0.103. The number of phenolic OH excluding ortho intramolecular Hbond substituents is 1. The topological polar surface area (TPSA) is 207 Å². The zero-order valence-corrected chi connectivity index (χ0v) is 24.6. The van der Waals surface area contributed by atoms with Gasteiger partial charge in [0.25, 0.3) is 0 Å². The number of para-hydroxylation sites is 1. The van der Waals surface area contributed by atoms with Gasteiger partial charge in [-0.2, -0.15) is 0 Å². The SMILES string of the molecule is CC(O)C(NC(=O)C(Cc1ccccc1)NC(=O)C(N)Cc1c[nH]c2ccccc12)C(=O)NC(Cc1ccc(O)cc1)C(=O)O. The van der Waals surface area contributed by atoms with Crippen molar-refractivity contribution in [1.82, 2.24) is 20.9 Å². The van der Waals surface area contributed by atoms with Gasteiger partial charge in [-0.15, -0.1) is 0 Å². The van der Waals surface area contributed by atoms with Crippen molar-refractivity contribution in [2.45, 2.75) is 56.5 Å². The predicted octanol–water partition coefficient (Wildman–Crippen LogP) is 1.15. The fourth-order valence-corrected chi connectivity index (χ4v) is 4.96. The molecule has 0 bridgehead atoms. The van der Waals surface area contributed by atoms with Crippen LogP contribution in [0.5, 0.6) is 5.75 Å². The zero-order chi connectivity index (χ0) is 32.5. The molecule has 3 aromatic carbocycles. The number of carbonyl (C=O) groups excluding carboxylic acids is 3. The maximum Gasteiger partial charge on any atom is 0.326 e. The Labute approximate surface area is 259 Å². The Morgan fingerprint density at radius 2 is 1.36 bits per heavy atom. The molecule has 0 spiro atoms. The second kappa shape index (κ2) is 15.0. The van der Waals surface area contributed by atoms with Crippen molar-refractivity contribution in [3.8, 4) is 5.75 Å². The monoisotopic (exact) mass is 615 g/mol. The number of H-pyrrole nitrogens is 1. The van der Waals surface area contributed by atoms with E-state index in [1.807, 2.05) is 24.3 Å². The van der Waals surface area contributed by atoms with E-state index >= 15 is 0 Å². The number of nitrogens with one attached hydrogen (secondary N) is 4. The Hall–Kier alpha value is -5.20. The molecule has 45 heavy (non-hydrogen) atoms. The van der Waals surface area contributed by atoms with Crippen LogP contribution in [0.15, 0.2) is 85.1 Å². The summed E-state index contributed by atoms with van der Waals surface area (Å²) in [6.45, 7) is 1.28. The Morgan fingerprint density at radius 3 is 2.02 bits per heavy atom. The van der Waals surface area contributed by atoms with Gasteiger partial charge in [-0.05, 0) is 48.2 Å². The van der Waals surface area contributed by atoms with Crippen LogP contribution in [0.1, 0.15) is 23.6 Å². The number of benzene rings is 3. The number of nitrogens with two attached hydrogens (primary N) is 1. The molecule has 0 aliphatic carbocycles. The Balaban J connectivity index is 1.47. The third-order valence-corrected chi connectivity index (χ3v) is 7.42. The molecule has 1 heterocycles. The molecule has 9 N–H and O–H groups in total. The second-order valence-corrected chi connectivity index (χ2v) is 10.9. The highest BCUT2D eigenvalue weighted by atomic mass is 16.4. The highest BCUT2D eigenvalue weighted by molar-refractivity contribution is 5.95. The van der Waals surface area contributed by atoms with Gasteiger partial charge < -0.3 is 42.0 Å². The largest absolute Gasteiger partial charge is 0.508 e. The average molecular weight is 616 g/mol. The second-order valence-electron chi connectivity index (χ2n) is 10.9. The standard InChI is InChI=1S/C33H37N5O7/c1-19(39)29(32(43)37-28(33(44)45)16-21-11-13-23(40)14-12-21)38-31(42)27(15-20-7-3-2-4-8-20)36-30(41)25(34)17-22-18-35-26-10-6-5-9-24(22)26/h2-14,18-19,25,27-29,35,39-40H,15-17,34H2,1H3,(H,36,41)(H,37,43)(H,38,42)(H,44,45). The van der Waals surface area contributed by atoms with Crippen molar-refractivity contribution >= 4 is 34.6 Å². The molecule has 1 aromatic heterocycles. The molecule has 12 nitrogen and oxygen atoms in total. The molecule has 5 atom stereocenters. The van der Waals surface area contributed by atoms with Crippen molar-refractivity contribution in [3.05, 3.63) is 102 Å². The van der Waals surface area contributed by atoms with Crippen molar-refractivity contribution in [2.24, 2.45) is 5.73 Å². The number of aromatic hydroxyl groups is 1. The number of aromatic nitrogens is 1. The fraction of sp³-hybridized carbons (Fsp3) is 0.273. The first-order valence-electron chi connectivity index (χ1n) is 14.5.